The van der Waals surface area contributed by atoms with Crippen LogP contribution in [0, 0.1) is 5.82 Å². The summed E-state index contributed by atoms with van der Waals surface area (Å²) in [7, 11) is 0.746. The number of rotatable bonds is 7. The van der Waals surface area contributed by atoms with Crippen molar-refractivity contribution in [2.75, 3.05) is 21.3 Å². The average Bonchev–Trinajstić information content (AvgIpc) is 2.60. The Labute approximate surface area is 146 Å². The molecule has 0 atom stereocenters. The molecule has 2 aromatic rings. The molecule has 0 aromatic heterocycles. The third-order valence-corrected chi connectivity index (χ3v) is 4.76. The molecular weight excluding hydrogens is 347 g/mol. The summed E-state index contributed by atoms with van der Waals surface area (Å²) in [5, 5.41) is 1.06. The Kier molecular flexibility index (Phi) is 6.03. The second kappa shape index (κ2) is 8.02. The molecule has 2 rings (SSSR count). The second-order valence-electron chi connectivity index (χ2n) is 5.18. The van der Waals surface area contributed by atoms with Crippen LogP contribution in [0.1, 0.15) is 11.1 Å². The largest absolute Gasteiger partial charge is 0.497 e. The summed E-state index contributed by atoms with van der Waals surface area (Å²) < 4.78 is 53.4. The molecule has 5 nitrogen and oxygen atoms in total. The van der Waals surface area contributed by atoms with E-state index in [1.165, 1.54) is 27.4 Å². The van der Waals surface area contributed by atoms with E-state index in [4.69, 9.17) is 14.2 Å². The van der Waals surface area contributed by atoms with E-state index >= 15 is 0 Å². The lowest BCUT2D eigenvalue weighted by atomic mass is 10.1. The molecule has 0 saturated heterocycles. The van der Waals surface area contributed by atoms with Crippen LogP contribution >= 0.6 is 0 Å². The van der Waals surface area contributed by atoms with Crippen molar-refractivity contribution in [3.63, 3.8) is 0 Å². The van der Waals surface area contributed by atoms with Gasteiger partial charge in [0.25, 0.3) is 0 Å². The lowest BCUT2D eigenvalue weighted by Gasteiger charge is -2.10. The molecule has 0 spiro atoms. The van der Waals surface area contributed by atoms with Crippen molar-refractivity contribution in [2.45, 2.75) is 5.75 Å². The molecule has 25 heavy (non-hydrogen) atoms. The molecular formula is C18H19FO5S. The maximum Gasteiger partial charge on any atom is 0.175 e. The van der Waals surface area contributed by atoms with Crippen LogP contribution in [-0.4, -0.2) is 29.7 Å². The Hall–Kier alpha value is -2.54. The lowest BCUT2D eigenvalue weighted by molar-refractivity contribution is 0.387. The summed E-state index contributed by atoms with van der Waals surface area (Å²) in [6.07, 6.45) is 1.34. The van der Waals surface area contributed by atoms with Gasteiger partial charge in [0.05, 0.1) is 32.6 Å². The van der Waals surface area contributed by atoms with Crippen LogP contribution < -0.4 is 14.2 Å². The SMILES string of the molecule is COc1ccc(CS(=O)(=O)/C=C/c2c(OC)cc(F)cc2OC)cc1. The molecule has 0 bridgehead atoms. The third kappa shape index (κ3) is 4.96. The van der Waals surface area contributed by atoms with Crippen LogP contribution in [0.5, 0.6) is 17.2 Å². The Morgan fingerprint density at radius 2 is 1.52 bits per heavy atom. The molecule has 0 saturated carbocycles. The first-order valence-corrected chi connectivity index (χ1v) is 9.05. The predicted octanol–water partition coefficient (Wildman–Crippen LogP) is 3.44. The summed E-state index contributed by atoms with van der Waals surface area (Å²) in [5.41, 5.74) is 0.980. The monoisotopic (exact) mass is 366 g/mol. The van der Waals surface area contributed by atoms with Crippen molar-refractivity contribution in [1.82, 2.24) is 0 Å². The molecule has 134 valence electrons. The first-order valence-electron chi connectivity index (χ1n) is 7.34. The molecule has 0 amide bonds. The minimum atomic E-state index is -3.54. The predicted molar refractivity (Wildman–Crippen MR) is 94.2 cm³/mol. The summed E-state index contributed by atoms with van der Waals surface area (Å²) in [6, 6.07) is 9.09. The minimum absolute atomic E-state index is 0.167. The Morgan fingerprint density at radius 3 is 2.00 bits per heavy atom. The molecule has 0 aliphatic rings. The minimum Gasteiger partial charge on any atom is -0.497 e. The van der Waals surface area contributed by atoms with Crippen molar-refractivity contribution in [1.29, 1.82) is 0 Å². The normalized spacial score (nSPS) is 11.5. The fourth-order valence-corrected chi connectivity index (χ4v) is 3.34. The topological polar surface area (TPSA) is 61.8 Å². The molecule has 0 heterocycles. The first kappa shape index (κ1) is 18.8. The third-order valence-electron chi connectivity index (χ3n) is 3.48. The summed E-state index contributed by atoms with van der Waals surface area (Å²) in [5.74, 6) is 0.323. The maximum atomic E-state index is 13.5. The van der Waals surface area contributed by atoms with E-state index in [1.807, 2.05) is 0 Å². The quantitative estimate of drug-likeness (QED) is 0.751. The molecule has 0 aliphatic heterocycles. The molecule has 0 fully saturated rings. The fourth-order valence-electron chi connectivity index (χ4n) is 2.24. The van der Waals surface area contributed by atoms with E-state index in [9.17, 15) is 12.8 Å². The van der Waals surface area contributed by atoms with Gasteiger partial charge in [-0.05, 0) is 23.8 Å². The van der Waals surface area contributed by atoms with Gasteiger partial charge >= 0.3 is 0 Å². The molecule has 0 aliphatic carbocycles. The zero-order valence-corrected chi connectivity index (χ0v) is 15.0. The van der Waals surface area contributed by atoms with Crippen LogP contribution in [0.2, 0.25) is 0 Å². The van der Waals surface area contributed by atoms with Gasteiger partial charge in [0.1, 0.15) is 23.1 Å². The number of benzene rings is 2. The lowest BCUT2D eigenvalue weighted by Crippen LogP contribution is -2.00. The maximum absolute atomic E-state index is 13.5. The molecule has 0 unspecified atom stereocenters. The number of hydrogen-bond acceptors (Lipinski definition) is 5. The molecule has 7 heteroatoms. The standard InChI is InChI=1S/C18H19FO5S/c1-22-15-6-4-13(5-7-15)12-25(20,21)9-8-16-17(23-2)10-14(19)11-18(16)24-3/h4-11H,12H2,1-3H3/b9-8+. The van der Waals surface area contributed by atoms with E-state index in [2.05, 4.69) is 0 Å². The van der Waals surface area contributed by atoms with Gasteiger partial charge in [0.2, 0.25) is 0 Å². The van der Waals surface area contributed by atoms with Gasteiger partial charge in [-0.25, -0.2) is 12.8 Å². The zero-order valence-electron chi connectivity index (χ0n) is 14.2. The van der Waals surface area contributed by atoms with Gasteiger partial charge in [0, 0.05) is 17.5 Å². The smallest absolute Gasteiger partial charge is 0.175 e. The van der Waals surface area contributed by atoms with Crippen LogP contribution in [0.4, 0.5) is 4.39 Å². The number of sulfone groups is 1. The van der Waals surface area contributed by atoms with Gasteiger partial charge in [-0.1, -0.05) is 12.1 Å². The summed E-state index contributed by atoms with van der Waals surface area (Å²) >= 11 is 0. The van der Waals surface area contributed by atoms with Gasteiger partial charge in [-0.15, -0.1) is 0 Å². The zero-order chi connectivity index (χ0) is 18.4. The highest BCUT2D eigenvalue weighted by Gasteiger charge is 2.13. The van der Waals surface area contributed by atoms with E-state index in [1.54, 1.807) is 24.3 Å². The van der Waals surface area contributed by atoms with Crippen LogP contribution in [-0.2, 0) is 15.6 Å². The van der Waals surface area contributed by atoms with Crippen molar-refractivity contribution in [3.8, 4) is 17.2 Å². The van der Waals surface area contributed by atoms with Crippen LogP contribution in [0.3, 0.4) is 0 Å². The van der Waals surface area contributed by atoms with Crippen LogP contribution in [0.25, 0.3) is 6.08 Å². The fraction of sp³-hybridized carbons (Fsp3) is 0.222. The van der Waals surface area contributed by atoms with E-state index in [-0.39, 0.29) is 17.3 Å². The molecule has 2 aromatic carbocycles. The number of hydrogen-bond donors (Lipinski definition) is 0. The number of methoxy groups -OCH3 is 3. The van der Waals surface area contributed by atoms with Crippen molar-refractivity contribution in [3.05, 3.63) is 58.8 Å². The van der Waals surface area contributed by atoms with Gasteiger partial charge in [-0.2, -0.15) is 0 Å². The Balaban J connectivity index is 2.27. The Morgan fingerprint density at radius 1 is 0.960 bits per heavy atom. The first-order chi connectivity index (χ1) is 11.9. The van der Waals surface area contributed by atoms with Gasteiger partial charge in [0.15, 0.2) is 9.84 Å². The highest BCUT2D eigenvalue weighted by Crippen LogP contribution is 2.31. The van der Waals surface area contributed by atoms with Crippen molar-refractivity contribution < 1.29 is 27.0 Å². The summed E-state index contributed by atoms with van der Waals surface area (Å²) in [4.78, 5) is 0. The van der Waals surface area contributed by atoms with E-state index in [0.717, 1.165) is 17.5 Å². The summed E-state index contributed by atoms with van der Waals surface area (Å²) in [6.45, 7) is 0. The highest BCUT2D eigenvalue weighted by atomic mass is 32.2. The van der Waals surface area contributed by atoms with Gasteiger partial charge in [-0.3, -0.25) is 0 Å². The van der Waals surface area contributed by atoms with Gasteiger partial charge < -0.3 is 14.2 Å². The molecule has 0 radical (unpaired) electrons. The molecule has 0 N–H and O–H groups in total. The average molecular weight is 366 g/mol. The van der Waals surface area contributed by atoms with E-state index < -0.39 is 15.7 Å². The Bertz CT molecular complexity index is 833. The number of halogens is 1. The second-order valence-corrected chi connectivity index (χ2v) is 7.07. The number of ether oxygens (including phenoxy) is 3. The highest BCUT2D eigenvalue weighted by molar-refractivity contribution is 7.93. The van der Waals surface area contributed by atoms with Crippen LogP contribution in [0.15, 0.2) is 41.8 Å². The van der Waals surface area contributed by atoms with Crippen molar-refractivity contribution in [2.24, 2.45) is 0 Å². The van der Waals surface area contributed by atoms with Crippen molar-refractivity contribution >= 4 is 15.9 Å². The van der Waals surface area contributed by atoms with E-state index in [0.29, 0.717) is 16.9 Å².